The van der Waals surface area contributed by atoms with Gasteiger partial charge in [-0.25, -0.2) is 4.79 Å². The second-order valence-corrected chi connectivity index (χ2v) is 8.51. The Morgan fingerprint density at radius 2 is 1.77 bits per heavy atom. The van der Waals surface area contributed by atoms with Crippen LogP contribution in [0.5, 0.6) is 0 Å². The van der Waals surface area contributed by atoms with Crippen molar-refractivity contribution in [1.29, 1.82) is 0 Å². The maximum atomic E-state index is 12.7. The van der Waals surface area contributed by atoms with Crippen molar-refractivity contribution in [3.8, 4) is 11.1 Å². The monoisotopic (exact) mass is 441 g/mol. The minimum Gasteiger partial charge on any atom is -0.462 e. The summed E-state index contributed by atoms with van der Waals surface area (Å²) in [7, 11) is 0. The first-order valence-electron chi connectivity index (χ1n) is 9.89. The van der Waals surface area contributed by atoms with E-state index in [-0.39, 0.29) is 12.5 Å². The van der Waals surface area contributed by atoms with Crippen LogP contribution in [-0.4, -0.2) is 18.5 Å². The molecule has 0 fully saturated rings. The zero-order chi connectivity index (χ0) is 21.5. The molecule has 0 saturated heterocycles. The largest absolute Gasteiger partial charge is 0.462 e. The fourth-order valence-corrected chi connectivity index (χ4v) is 4.48. The molecule has 2 aromatic carbocycles. The van der Waals surface area contributed by atoms with Crippen LogP contribution in [0.4, 0.5) is 5.00 Å². The van der Waals surface area contributed by atoms with E-state index in [1.54, 1.807) is 6.92 Å². The van der Waals surface area contributed by atoms with Gasteiger partial charge in [-0.05, 0) is 49.9 Å². The third-order valence-electron chi connectivity index (χ3n) is 4.66. The van der Waals surface area contributed by atoms with Crippen LogP contribution in [0, 0.1) is 6.92 Å². The van der Waals surface area contributed by atoms with Gasteiger partial charge in [-0.1, -0.05) is 54.1 Å². The molecule has 30 heavy (non-hydrogen) atoms. The number of thiophene rings is 1. The van der Waals surface area contributed by atoms with E-state index in [1.807, 2.05) is 61.5 Å². The van der Waals surface area contributed by atoms with Gasteiger partial charge >= 0.3 is 5.97 Å². The average molecular weight is 442 g/mol. The number of ether oxygens (including phenoxy) is 1. The first-order chi connectivity index (χ1) is 14.5. The van der Waals surface area contributed by atoms with E-state index in [0.29, 0.717) is 28.4 Å². The van der Waals surface area contributed by atoms with Crippen LogP contribution in [0.1, 0.15) is 40.6 Å². The molecule has 0 radical (unpaired) electrons. The van der Waals surface area contributed by atoms with Gasteiger partial charge in [0.05, 0.1) is 6.61 Å². The summed E-state index contributed by atoms with van der Waals surface area (Å²) in [5, 5.41) is 4.18. The molecular weight excluding hydrogens is 418 g/mol. The minimum atomic E-state index is -0.419. The average Bonchev–Trinajstić information content (AvgIpc) is 3.06. The lowest BCUT2D eigenvalue weighted by atomic mass is 10.0. The normalized spacial score (nSPS) is 10.6. The molecule has 6 heteroatoms. The third kappa shape index (κ3) is 5.49. The molecule has 0 spiro atoms. The minimum absolute atomic E-state index is 0.115. The predicted octanol–water partition coefficient (Wildman–Crippen LogP) is 6.52. The number of carbonyl (C=O) groups is 2. The summed E-state index contributed by atoms with van der Waals surface area (Å²) in [6, 6.07) is 17.3. The molecule has 0 aliphatic rings. The Morgan fingerprint density at radius 3 is 2.43 bits per heavy atom. The second kappa shape index (κ2) is 10.4. The molecule has 3 rings (SSSR count). The van der Waals surface area contributed by atoms with E-state index in [1.165, 1.54) is 11.3 Å². The number of rotatable bonds is 8. The molecule has 1 heterocycles. The van der Waals surface area contributed by atoms with E-state index in [4.69, 9.17) is 16.3 Å². The van der Waals surface area contributed by atoms with Gasteiger partial charge in [0.25, 0.3) is 0 Å². The van der Waals surface area contributed by atoms with Crippen LogP contribution in [-0.2, 0) is 16.0 Å². The first-order valence-corrected chi connectivity index (χ1v) is 11.1. The van der Waals surface area contributed by atoms with Gasteiger partial charge in [0.15, 0.2) is 0 Å². The molecule has 0 saturated carbocycles. The zero-order valence-corrected chi connectivity index (χ0v) is 18.6. The van der Waals surface area contributed by atoms with Crippen LogP contribution in [0.2, 0.25) is 5.02 Å². The highest BCUT2D eigenvalue weighted by molar-refractivity contribution is 7.17. The quantitative estimate of drug-likeness (QED) is 0.405. The number of esters is 1. The Labute approximate surface area is 185 Å². The van der Waals surface area contributed by atoms with Crippen LogP contribution >= 0.6 is 22.9 Å². The van der Waals surface area contributed by atoms with E-state index < -0.39 is 5.97 Å². The second-order valence-electron chi connectivity index (χ2n) is 6.85. The summed E-state index contributed by atoms with van der Waals surface area (Å²) < 4.78 is 5.28. The molecule has 1 amide bonds. The lowest BCUT2D eigenvalue weighted by Crippen LogP contribution is -2.14. The lowest BCUT2D eigenvalue weighted by Gasteiger charge is -2.09. The number of nitrogens with one attached hydrogen (secondary N) is 1. The molecule has 0 atom stereocenters. The van der Waals surface area contributed by atoms with Crippen molar-refractivity contribution in [2.45, 2.75) is 33.1 Å². The number of carbonyl (C=O) groups excluding carboxylic acids is 2. The van der Waals surface area contributed by atoms with Crippen LogP contribution < -0.4 is 5.32 Å². The fraction of sp³-hybridized carbons (Fsp3) is 0.250. The van der Waals surface area contributed by atoms with E-state index in [2.05, 4.69) is 5.32 Å². The molecule has 1 N–H and O–H groups in total. The number of amides is 1. The van der Waals surface area contributed by atoms with Crippen molar-refractivity contribution in [1.82, 2.24) is 0 Å². The van der Waals surface area contributed by atoms with Gasteiger partial charge in [0.2, 0.25) is 5.91 Å². The van der Waals surface area contributed by atoms with E-state index in [9.17, 15) is 9.59 Å². The highest BCUT2D eigenvalue weighted by atomic mass is 35.5. The highest BCUT2D eigenvalue weighted by Crippen LogP contribution is 2.40. The Hall–Kier alpha value is -2.63. The number of hydrogen-bond acceptors (Lipinski definition) is 4. The van der Waals surface area contributed by atoms with Crippen molar-refractivity contribution in [3.63, 3.8) is 0 Å². The maximum Gasteiger partial charge on any atom is 0.341 e. The van der Waals surface area contributed by atoms with Crippen molar-refractivity contribution in [2.24, 2.45) is 0 Å². The smallest absolute Gasteiger partial charge is 0.341 e. The molecule has 0 unspecified atom stereocenters. The number of benzene rings is 2. The Balaban J connectivity index is 1.75. The van der Waals surface area contributed by atoms with Crippen LogP contribution in [0.25, 0.3) is 11.1 Å². The molecule has 3 aromatic rings. The van der Waals surface area contributed by atoms with Gasteiger partial charge in [0, 0.05) is 21.9 Å². The Kier molecular flexibility index (Phi) is 7.66. The van der Waals surface area contributed by atoms with Crippen LogP contribution in [0.3, 0.4) is 0 Å². The van der Waals surface area contributed by atoms with Gasteiger partial charge in [0.1, 0.15) is 10.6 Å². The summed E-state index contributed by atoms with van der Waals surface area (Å²) >= 11 is 7.31. The number of anilines is 1. The maximum absolute atomic E-state index is 12.7. The zero-order valence-electron chi connectivity index (χ0n) is 17.0. The van der Waals surface area contributed by atoms with Gasteiger partial charge in [-0.2, -0.15) is 0 Å². The molecule has 4 nitrogen and oxygen atoms in total. The van der Waals surface area contributed by atoms with Crippen molar-refractivity contribution >= 4 is 39.8 Å². The molecular formula is C24H24ClNO3S. The third-order valence-corrected chi connectivity index (χ3v) is 5.93. The molecule has 0 bridgehead atoms. The van der Waals surface area contributed by atoms with Crippen molar-refractivity contribution < 1.29 is 14.3 Å². The van der Waals surface area contributed by atoms with Crippen molar-refractivity contribution in [3.05, 3.63) is 75.6 Å². The van der Waals surface area contributed by atoms with Gasteiger partial charge in [-0.3, -0.25) is 4.79 Å². The first kappa shape index (κ1) is 22.1. The van der Waals surface area contributed by atoms with Crippen LogP contribution in [0.15, 0.2) is 54.6 Å². The summed E-state index contributed by atoms with van der Waals surface area (Å²) in [4.78, 5) is 26.2. The molecule has 0 aliphatic carbocycles. The Bertz CT molecular complexity index is 1010. The summed E-state index contributed by atoms with van der Waals surface area (Å²) in [5.41, 5.74) is 3.31. The summed E-state index contributed by atoms with van der Waals surface area (Å²) in [6.07, 6.45) is 1.86. The van der Waals surface area contributed by atoms with Crippen molar-refractivity contribution in [2.75, 3.05) is 11.9 Å². The predicted molar refractivity (Wildman–Crippen MR) is 123 cm³/mol. The van der Waals surface area contributed by atoms with Gasteiger partial charge < -0.3 is 10.1 Å². The highest BCUT2D eigenvalue weighted by Gasteiger charge is 2.25. The SMILES string of the molecule is CCOC(=O)c1c(NC(=O)CCCc2ccc(Cl)cc2)sc(C)c1-c1ccccc1. The van der Waals surface area contributed by atoms with Gasteiger partial charge in [-0.15, -0.1) is 11.3 Å². The molecule has 156 valence electrons. The lowest BCUT2D eigenvalue weighted by molar-refractivity contribution is -0.116. The summed E-state index contributed by atoms with van der Waals surface area (Å²) in [5.74, 6) is -0.535. The standard InChI is InChI=1S/C24H24ClNO3S/c1-3-29-24(28)22-21(18-9-5-4-6-10-18)16(2)30-23(22)26-20(27)11-7-8-17-12-14-19(25)15-13-17/h4-6,9-10,12-15H,3,7-8,11H2,1-2H3,(H,26,27). The number of halogens is 1. The molecule has 1 aromatic heterocycles. The van der Waals surface area contributed by atoms with E-state index in [0.717, 1.165) is 28.0 Å². The number of aryl methyl sites for hydroxylation is 2. The Morgan fingerprint density at radius 1 is 1.07 bits per heavy atom. The van der Waals surface area contributed by atoms with E-state index >= 15 is 0 Å². The fourth-order valence-electron chi connectivity index (χ4n) is 3.28. The summed E-state index contributed by atoms with van der Waals surface area (Å²) in [6.45, 7) is 4.00. The molecule has 0 aliphatic heterocycles. The topological polar surface area (TPSA) is 55.4 Å². The number of hydrogen-bond donors (Lipinski definition) is 1.